The zero-order valence-corrected chi connectivity index (χ0v) is 16.2. The Balaban J connectivity index is 1.61. The van der Waals surface area contributed by atoms with Crippen molar-refractivity contribution in [2.24, 2.45) is 0 Å². The molecule has 0 bridgehead atoms. The van der Waals surface area contributed by atoms with Gasteiger partial charge in [-0.15, -0.1) is 0 Å². The van der Waals surface area contributed by atoms with E-state index in [4.69, 9.17) is 4.74 Å². The third-order valence-electron chi connectivity index (χ3n) is 5.18. The lowest BCUT2D eigenvalue weighted by atomic mass is 10.0. The third-order valence-corrected chi connectivity index (χ3v) is 5.18. The van der Waals surface area contributed by atoms with E-state index >= 15 is 0 Å². The number of carbonyl (C=O) groups is 2. The number of benzene rings is 2. The molecule has 0 saturated carbocycles. The lowest BCUT2D eigenvalue weighted by Crippen LogP contribution is -2.51. The van der Waals surface area contributed by atoms with Crippen LogP contribution in [-0.4, -0.2) is 54.9 Å². The van der Waals surface area contributed by atoms with Crippen molar-refractivity contribution in [3.05, 3.63) is 64.7 Å². The van der Waals surface area contributed by atoms with E-state index in [0.29, 0.717) is 38.2 Å². The van der Waals surface area contributed by atoms with Gasteiger partial charge < -0.3 is 14.5 Å². The number of piperazine rings is 1. The highest BCUT2D eigenvalue weighted by atomic mass is 16.5. The summed E-state index contributed by atoms with van der Waals surface area (Å²) in [4.78, 5) is 28.9. The van der Waals surface area contributed by atoms with E-state index in [1.807, 2.05) is 66.1 Å². The van der Waals surface area contributed by atoms with Crippen molar-refractivity contribution in [3.63, 3.8) is 0 Å². The molecule has 1 aliphatic heterocycles. The Kier molecular flexibility index (Phi) is 5.79. The number of carbonyl (C=O) groups excluding carboxylic acids is 2. The second-order valence-corrected chi connectivity index (χ2v) is 6.96. The number of amides is 2. The summed E-state index contributed by atoms with van der Waals surface area (Å²) in [5.41, 5.74) is 3.90. The van der Waals surface area contributed by atoms with E-state index in [0.717, 1.165) is 22.4 Å². The van der Waals surface area contributed by atoms with Crippen molar-refractivity contribution < 1.29 is 14.3 Å². The van der Waals surface area contributed by atoms with Gasteiger partial charge in [-0.2, -0.15) is 0 Å². The Bertz CT molecular complexity index is 825. The molecule has 2 amide bonds. The zero-order valence-electron chi connectivity index (χ0n) is 16.2. The molecule has 0 radical (unpaired) electrons. The van der Waals surface area contributed by atoms with Gasteiger partial charge in [-0.1, -0.05) is 24.3 Å². The molecule has 3 rings (SSSR count). The van der Waals surface area contributed by atoms with Gasteiger partial charge in [0.05, 0.1) is 13.5 Å². The van der Waals surface area contributed by atoms with Crippen molar-refractivity contribution in [1.29, 1.82) is 0 Å². The molecular weight excluding hydrogens is 340 g/mol. The number of methoxy groups -OCH3 is 1. The first-order valence-corrected chi connectivity index (χ1v) is 9.26. The first-order chi connectivity index (χ1) is 13.0. The number of hydrogen-bond acceptors (Lipinski definition) is 3. The summed E-state index contributed by atoms with van der Waals surface area (Å²) >= 11 is 0. The zero-order chi connectivity index (χ0) is 19.4. The van der Waals surface area contributed by atoms with Crippen molar-refractivity contribution in [2.75, 3.05) is 33.3 Å². The number of hydrogen-bond donors (Lipinski definition) is 0. The second kappa shape index (κ2) is 8.25. The predicted molar refractivity (Wildman–Crippen MR) is 105 cm³/mol. The molecule has 0 aliphatic carbocycles. The van der Waals surface area contributed by atoms with Crippen LogP contribution in [0.1, 0.15) is 27.0 Å². The summed E-state index contributed by atoms with van der Waals surface area (Å²) in [6.45, 7) is 6.31. The van der Waals surface area contributed by atoms with Crippen LogP contribution in [0.4, 0.5) is 0 Å². The number of ether oxygens (including phenoxy) is 1. The third kappa shape index (κ3) is 4.30. The Hall–Kier alpha value is -2.82. The first kappa shape index (κ1) is 19.0. The Morgan fingerprint density at radius 3 is 2.15 bits per heavy atom. The molecule has 5 heteroatoms. The molecule has 5 nitrogen and oxygen atoms in total. The van der Waals surface area contributed by atoms with Crippen LogP contribution in [0.5, 0.6) is 5.75 Å². The molecule has 0 spiro atoms. The highest BCUT2D eigenvalue weighted by Gasteiger charge is 2.25. The van der Waals surface area contributed by atoms with Crippen molar-refractivity contribution in [1.82, 2.24) is 9.80 Å². The van der Waals surface area contributed by atoms with E-state index in [1.165, 1.54) is 0 Å². The Labute approximate surface area is 160 Å². The summed E-state index contributed by atoms with van der Waals surface area (Å²) in [6, 6.07) is 13.3. The quantitative estimate of drug-likeness (QED) is 0.836. The number of nitrogens with zero attached hydrogens (tertiary/aromatic N) is 2. The number of aryl methyl sites for hydroxylation is 2. The molecule has 0 unspecified atom stereocenters. The van der Waals surface area contributed by atoms with Gasteiger partial charge in [-0.3, -0.25) is 9.59 Å². The van der Waals surface area contributed by atoms with Gasteiger partial charge in [0.2, 0.25) is 5.91 Å². The van der Waals surface area contributed by atoms with Gasteiger partial charge in [0.15, 0.2) is 0 Å². The van der Waals surface area contributed by atoms with Gasteiger partial charge in [0.1, 0.15) is 5.75 Å². The molecule has 2 aromatic carbocycles. The first-order valence-electron chi connectivity index (χ1n) is 9.26. The van der Waals surface area contributed by atoms with Gasteiger partial charge >= 0.3 is 0 Å². The highest BCUT2D eigenvalue weighted by molar-refractivity contribution is 5.94. The van der Waals surface area contributed by atoms with Crippen molar-refractivity contribution >= 4 is 11.8 Å². The minimum absolute atomic E-state index is 0.0264. The van der Waals surface area contributed by atoms with Gasteiger partial charge in [-0.05, 0) is 43.2 Å². The fraction of sp³-hybridized carbons (Fsp3) is 0.364. The lowest BCUT2D eigenvalue weighted by molar-refractivity contribution is -0.131. The molecule has 0 atom stereocenters. The molecule has 1 aliphatic rings. The minimum atomic E-state index is 0.0264. The normalized spacial score (nSPS) is 14.2. The van der Waals surface area contributed by atoms with E-state index in [-0.39, 0.29) is 11.8 Å². The van der Waals surface area contributed by atoms with Crippen molar-refractivity contribution in [2.45, 2.75) is 20.3 Å². The standard InChI is InChI=1S/C22H26N2O3/c1-16-13-19(20(27-3)14-17(16)2)15-21(25)23-9-11-24(12-10-23)22(26)18-7-5-4-6-8-18/h4-8,13-14H,9-12,15H2,1-3H3. The van der Waals surface area contributed by atoms with Crippen LogP contribution >= 0.6 is 0 Å². The Morgan fingerprint density at radius 1 is 0.926 bits per heavy atom. The molecule has 2 aromatic rings. The van der Waals surface area contributed by atoms with E-state index in [9.17, 15) is 9.59 Å². The predicted octanol–water partition coefficient (Wildman–Crippen LogP) is 2.84. The van der Waals surface area contributed by atoms with Gasteiger partial charge in [0, 0.05) is 37.3 Å². The van der Waals surface area contributed by atoms with E-state index in [1.54, 1.807) is 7.11 Å². The molecule has 1 saturated heterocycles. The van der Waals surface area contributed by atoms with Crippen LogP contribution in [0.3, 0.4) is 0 Å². The maximum absolute atomic E-state index is 12.7. The summed E-state index contributed by atoms with van der Waals surface area (Å²) < 4.78 is 5.44. The van der Waals surface area contributed by atoms with Gasteiger partial charge in [0.25, 0.3) is 5.91 Å². The topological polar surface area (TPSA) is 49.9 Å². The lowest BCUT2D eigenvalue weighted by Gasteiger charge is -2.35. The Morgan fingerprint density at radius 2 is 1.52 bits per heavy atom. The molecule has 27 heavy (non-hydrogen) atoms. The maximum atomic E-state index is 12.7. The summed E-state index contributed by atoms with van der Waals surface area (Å²) in [7, 11) is 1.63. The fourth-order valence-electron chi connectivity index (χ4n) is 3.37. The molecule has 142 valence electrons. The van der Waals surface area contributed by atoms with Crippen LogP contribution in [0.15, 0.2) is 42.5 Å². The maximum Gasteiger partial charge on any atom is 0.253 e. The summed E-state index contributed by atoms with van der Waals surface area (Å²) in [6.07, 6.45) is 0.316. The SMILES string of the molecule is COc1cc(C)c(C)cc1CC(=O)N1CCN(C(=O)c2ccccc2)CC1. The van der Waals surface area contributed by atoms with Crippen LogP contribution in [0, 0.1) is 13.8 Å². The fourth-order valence-corrected chi connectivity index (χ4v) is 3.37. The monoisotopic (exact) mass is 366 g/mol. The summed E-state index contributed by atoms with van der Waals surface area (Å²) in [5, 5.41) is 0. The molecule has 1 fully saturated rings. The molecular formula is C22H26N2O3. The van der Waals surface area contributed by atoms with Crippen LogP contribution in [-0.2, 0) is 11.2 Å². The minimum Gasteiger partial charge on any atom is -0.496 e. The second-order valence-electron chi connectivity index (χ2n) is 6.96. The largest absolute Gasteiger partial charge is 0.496 e. The molecule has 0 N–H and O–H groups in total. The number of rotatable bonds is 4. The molecule has 1 heterocycles. The summed E-state index contributed by atoms with van der Waals surface area (Å²) in [5.74, 6) is 0.853. The average molecular weight is 366 g/mol. The smallest absolute Gasteiger partial charge is 0.253 e. The van der Waals surface area contributed by atoms with Crippen molar-refractivity contribution in [3.8, 4) is 5.75 Å². The van der Waals surface area contributed by atoms with Crippen LogP contribution in [0.25, 0.3) is 0 Å². The van der Waals surface area contributed by atoms with E-state index < -0.39 is 0 Å². The highest BCUT2D eigenvalue weighted by Crippen LogP contribution is 2.24. The average Bonchev–Trinajstić information content (AvgIpc) is 2.70. The van der Waals surface area contributed by atoms with E-state index in [2.05, 4.69) is 0 Å². The molecule has 0 aromatic heterocycles. The van der Waals surface area contributed by atoms with Crippen LogP contribution in [0.2, 0.25) is 0 Å². The van der Waals surface area contributed by atoms with Crippen LogP contribution < -0.4 is 4.74 Å². The van der Waals surface area contributed by atoms with Gasteiger partial charge in [-0.25, -0.2) is 0 Å².